The number of ether oxygens (including phenoxy) is 1. The highest BCUT2D eigenvalue weighted by Gasteiger charge is 2.51. The Morgan fingerprint density at radius 3 is 2.55 bits per heavy atom. The van der Waals surface area contributed by atoms with Gasteiger partial charge in [-0.1, -0.05) is 16.8 Å². The van der Waals surface area contributed by atoms with E-state index in [0.29, 0.717) is 39.9 Å². The summed E-state index contributed by atoms with van der Waals surface area (Å²) in [6.07, 6.45) is 8.27. The summed E-state index contributed by atoms with van der Waals surface area (Å²) in [6, 6.07) is 0.820. The van der Waals surface area contributed by atoms with E-state index in [1.165, 1.54) is 38.8 Å². The molecule has 0 radical (unpaired) electrons. The number of halogens is 1. The molecular weight excluding hydrogens is 528 g/mol. The summed E-state index contributed by atoms with van der Waals surface area (Å²) >= 11 is 6.91. The average molecular weight is 573 g/mol. The van der Waals surface area contributed by atoms with E-state index < -0.39 is 11.6 Å². The number of rotatable bonds is 11. The highest BCUT2D eigenvalue weighted by Crippen LogP contribution is 2.48. The van der Waals surface area contributed by atoms with Crippen LogP contribution in [-0.4, -0.2) is 102 Å². The number of allylic oxidation sites excluding steroid dienone is 3. The molecule has 0 amide bonds. The van der Waals surface area contributed by atoms with Gasteiger partial charge in [0, 0.05) is 43.7 Å². The fourth-order valence-corrected chi connectivity index (χ4v) is 6.95. The Hall–Kier alpha value is -2.33. The molecule has 1 aromatic heterocycles. The zero-order valence-corrected chi connectivity index (χ0v) is 25.6. The van der Waals surface area contributed by atoms with Crippen molar-refractivity contribution in [2.45, 2.75) is 71.1 Å². The standard InChI is InChI=1S/C30H45ClN6O3/c1-19(27(32)26-20(2)34-40-21(26)3)28(37-17-30(18-37)11-13-36(14-12-30)22-7-8-22)35(6)29(4)24(31)9-10-25(29)39-16-23(38)15-33-5/h9-10,22-23,32-33,38H,7-8,11-18H2,1-6H3/b28-19+,32-27?/t23-,29?/m1/s1. The second kappa shape index (κ2) is 11.2. The van der Waals surface area contributed by atoms with Gasteiger partial charge < -0.3 is 34.4 Å². The lowest BCUT2D eigenvalue weighted by Crippen LogP contribution is -2.63. The lowest BCUT2D eigenvalue weighted by atomic mass is 9.71. The predicted octanol–water partition coefficient (Wildman–Crippen LogP) is 3.76. The molecule has 220 valence electrons. The molecule has 0 bridgehead atoms. The van der Waals surface area contributed by atoms with Gasteiger partial charge in [-0.2, -0.15) is 0 Å². The van der Waals surface area contributed by atoms with E-state index in [0.717, 1.165) is 36.1 Å². The van der Waals surface area contributed by atoms with Crippen LogP contribution in [-0.2, 0) is 4.74 Å². The second-order valence-electron chi connectivity index (χ2n) is 12.3. The van der Waals surface area contributed by atoms with Gasteiger partial charge in [-0.25, -0.2) is 0 Å². The average Bonchev–Trinajstić information content (AvgIpc) is 3.65. The van der Waals surface area contributed by atoms with Crippen molar-refractivity contribution in [3.63, 3.8) is 0 Å². The quantitative estimate of drug-likeness (QED) is 0.345. The molecule has 2 saturated heterocycles. The van der Waals surface area contributed by atoms with Gasteiger partial charge in [-0.05, 0) is 85.7 Å². The molecule has 0 aromatic carbocycles. The van der Waals surface area contributed by atoms with Crippen molar-refractivity contribution in [3.8, 4) is 0 Å². The van der Waals surface area contributed by atoms with Crippen LogP contribution in [0.3, 0.4) is 0 Å². The van der Waals surface area contributed by atoms with Gasteiger partial charge in [0.2, 0.25) is 0 Å². The van der Waals surface area contributed by atoms with E-state index in [1.807, 2.05) is 46.9 Å². The zero-order valence-electron chi connectivity index (χ0n) is 24.8. The van der Waals surface area contributed by atoms with Crippen molar-refractivity contribution in [1.29, 1.82) is 5.41 Å². The smallest absolute Gasteiger partial charge is 0.143 e. The van der Waals surface area contributed by atoms with Crippen molar-refractivity contribution < 1.29 is 14.4 Å². The predicted molar refractivity (Wildman–Crippen MR) is 157 cm³/mol. The Balaban J connectivity index is 1.44. The normalized spacial score (nSPS) is 25.8. The van der Waals surface area contributed by atoms with Gasteiger partial charge in [0.1, 0.15) is 35.6 Å². The maximum Gasteiger partial charge on any atom is 0.143 e. The van der Waals surface area contributed by atoms with Crippen LogP contribution in [0.15, 0.2) is 38.9 Å². The van der Waals surface area contributed by atoms with Crippen LogP contribution in [0, 0.1) is 24.7 Å². The van der Waals surface area contributed by atoms with Crippen LogP contribution >= 0.6 is 11.6 Å². The first kappa shape index (κ1) is 29.2. The minimum atomic E-state index is -0.783. The Morgan fingerprint density at radius 1 is 1.30 bits per heavy atom. The van der Waals surface area contributed by atoms with Gasteiger partial charge >= 0.3 is 0 Å². The molecule has 1 saturated carbocycles. The summed E-state index contributed by atoms with van der Waals surface area (Å²) in [5.41, 5.74) is 2.22. The third-order valence-electron chi connectivity index (χ3n) is 9.45. The summed E-state index contributed by atoms with van der Waals surface area (Å²) in [7, 11) is 3.83. The van der Waals surface area contributed by atoms with Crippen LogP contribution < -0.4 is 5.32 Å². The van der Waals surface area contributed by atoms with Gasteiger partial charge in [-0.3, -0.25) is 5.41 Å². The first-order valence-electron chi connectivity index (χ1n) is 14.5. The summed E-state index contributed by atoms with van der Waals surface area (Å²) in [6.45, 7) is 12.7. The highest BCUT2D eigenvalue weighted by atomic mass is 35.5. The van der Waals surface area contributed by atoms with E-state index >= 15 is 0 Å². The molecule has 3 fully saturated rings. The van der Waals surface area contributed by atoms with Crippen LogP contribution in [0.1, 0.15) is 56.5 Å². The molecular formula is C30H45ClN6O3. The number of nitrogens with one attached hydrogen (secondary N) is 2. The van der Waals surface area contributed by atoms with E-state index in [-0.39, 0.29) is 6.61 Å². The van der Waals surface area contributed by atoms with Gasteiger partial charge in [-0.15, -0.1) is 0 Å². The number of piperidine rings is 1. The number of aliphatic hydroxyl groups excluding tert-OH is 1. The number of hydrogen-bond acceptors (Lipinski definition) is 9. The van der Waals surface area contributed by atoms with E-state index in [1.54, 1.807) is 7.05 Å². The minimum Gasteiger partial charge on any atom is -0.492 e. The minimum absolute atomic E-state index is 0.158. The largest absolute Gasteiger partial charge is 0.492 e. The number of aryl methyl sites for hydroxylation is 2. The maximum atomic E-state index is 10.3. The zero-order chi connectivity index (χ0) is 28.8. The molecule has 1 aromatic rings. The fourth-order valence-electron chi connectivity index (χ4n) is 6.67. The third kappa shape index (κ3) is 5.22. The molecule has 40 heavy (non-hydrogen) atoms. The summed E-state index contributed by atoms with van der Waals surface area (Å²) < 4.78 is 11.6. The fraction of sp³-hybridized carbons (Fsp3) is 0.667. The molecule has 9 nitrogen and oxygen atoms in total. The lowest BCUT2D eigenvalue weighted by molar-refractivity contribution is -0.0503. The van der Waals surface area contributed by atoms with Crippen molar-refractivity contribution in [1.82, 2.24) is 25.2 Å². The van der Waals surface area contributed by atoms with Gasteiger partial charge in [0.25, 0.3) is 0 Å². The van der Waals surface area contributed by atoms with Crippen LogP contribution in [0.4, 0.5) is 0 Å². The van der Waals surface area contributed by atoms with Crippen molar-refractivity contribution in [2.75, 3.05) is 53.4 Å². The Bertz CT molecular complexity index is 1200. The maximum absolute atomic E-state index is 10.3. The van der Waals surface area contributed by atoms with E-state index in [2.05, 4.69) is 25.2 Å². The molecule has 5 rings (SSSR count). The van der Waals surface area contributed by atoms with Crippen molar-refractivity contribution in [3.05, 3.63) is 51.4 Å². The topological polar surface area (TPSA) is 101 Å². The van der Waals surface area contributed by atoms with Crippen molar-refractivity contribution in [2.24, 2.45) is 5.41 Å². The number of aromatic nitrogens is 1. The second-order valence-corrected chi connectivity index (χ2v) is 12.8. The third-order valence-corrected chi connectivity index (χ3v) is 9.95. The van der Waals surface area contributed by atoms with E-state index in [9.17, 15) is 10.5 Å². The van der Waals surface area contributed by atoms with Crippen molar-refractivity contribution >= 4 is 17.3 Å². The van der Waals surface area contributed by atoms with Crippen LogP contribution in [0.2, 0.25) is 0 Å². The van der Waals surface area contributed by atoms with Crippen LogP contribution in [0.25, 0.3) is 0 Å². The molecule has 4 aliphatic rings. The summed E-state index contributed by atoms with van der Waals surface area (Å²) in [5, 5.41) is 27.3. The molecule has 10 heteroatoms. The molecule has 1 spiro atoms. The van der Waals surface area contributed by atoms with Gasteiger partial charge in [0.15, 0.2) is 0 Å². The Labute approximate surface area is 243 Å². The number of hydrogen-bond donors (Lipinski definition) is 3. The van der Waals surface area contributed by atoms with E-state index in [4.69, 9.17) is 20.9 Å². The highest BCUT2D eigenvalue weighted by molar-refractivity contribution is 6.31. The Kier molecular flexibility index (Phi) is 8.14. The summed E-state index contributed by atoms with van der Waals surface area (Å²) in [5.74, 6) is 2.28. The number of likely N-dealkylation sites (tertiary alicyclic amines) is 2. The van der Waals surface area contributed by atoms with Crippen LogP contribution in [0.5, 0.6) is 0 Å². The van der Waals surface area contributed by atoms with Gasteiger partial charge in [0.05, 0.1) is 22.0 Å². The number of likely N-dealkylation sites (N-methyl/N-ethyl adjacent to an activating group) is 2. The lowest BCUT2D eigenvalue weighted by Gasteiger charge is -2.58. The summed E-state index contributed by atoms with van der Waals surface area (Å²) in [4.78, 5) is 7.25. The number of aliphatic hydroxyl groups is 1. The molecule has 2 aliphatic heterocycles. The molecule has 2 atom stereocenters. The molecule has 3 N–H and O–H groups in total. The Morgan fingerprint density at radius 2 is 1.98 bits per heavy atom. The number of nitrogens with zero attached hydrogens (tertiary/aromatic N) is 4. The molecule has 2 aliphatic carbocycles. The molecule has 1 unspecified atom stereocenters. The SMILES string of the molecule is CNC[C@@H](O)COC1=CC=C(Cl)C1(C)N(C)/C(=C(/C)C(=N)c1c(C)noc1C)N1CC2(CCN(C3CC3)CC2)C1. The first-order chi connectivity index (χ1) is 19.0. The monoisotopic (exact) mass is 572 g/mol. The molecule has 3 heterocycles. The first-order valence-corrected chi connectivity index (χ1v) is 14.9.